The van der Waals surface area contributed by atoms with Crippen LogP contribution in [0, 0.1) is 11.7 Å². The van der Waals surface area contributed by atoms with E-state index in [-0.39, 0.29) is 36.5 Å². The zero-order valence-corrected chi connectivity index (χ0v) is 16.3. The van der Waals surface area contributed by atoms with E-state index in [1.807, 2.05) is 13.8 Å². The van der Waals surface area contributed by atoms with Crippen LogP contribution in [-0.2, 0) is 16.0 Å². The predicted molar refractivity (Wildman–Crippen MR) is 103 cm³/mol. The predicted octanol–water partition coefficient (Wildman–Crippen LogP) is 2.22. The summed E-state index contributed by atoms with van der Waals surface area (Å²) in [5, 5.41) is 0. The summed E-state index contributed by atoms with van der Waals surface area (Å²) >= 11 is 0. The highest BCUT2D eigenvalue weighted by molar-refractivity contribution is 5.85. The molecule has 1 aromatic rings. The van der Waals surface area contributed by atoms with Crippen molar-refractivity contribution in [2.75, 3.05) is 26.2 Å². The zero-order chi connectivity index (χ0) is 18.4. The molecule has 1 aliphatic rings. The SMILES string of the molecule is CC(C)C[C@H](N)C(=O)N1CCCN(C(=O)Cc2cccc(F)c2)CC1.Cl. The fraction of sp³-hybridized carbons (Fsp3) is 0.579. The van der Waals surface area contributed by atoms with Gasteiger partial charge in [-0.05, 0) is 36.5 Å². The van der Waals surface area contributed by atoms with Crippen LogP contribution in [0.4, 0.5) is 4.39 Å². The monoisotopic (exact) mass is 385 g/mol. The standard InChI is InChI=1S/C19H28FN3O2.ClH/c1-14(2)11-17(21)19(25)23-8-4-7-22(9-10-23)18(24)13-15-5-3-6-16(20)12-15;/h3,5-6,12,14,17H,4,7-11,13,21H2,1-2H3;1H/t17-;/m0./s1. The van der Waals surface area contributed by atoms with Crippen molar-refractivity contribution in [3.8, 4) is 0 Å². The third-order valence-electron chi connectivity index (χ3n) is 4.45. The molecule has 2 rings (SSSR count). The normalized spacial score (nSPS) is 16.0. The summed E-state index contributed by atoms with van der Waals surface area (Å²) in [5.74, 6) is -0.0353. The van der Waals surface area contributed by atoms with E-state index in [0.29, 0.717) is 44.1 Å². The molecule has 7 heteroatoms. The Kier molecular flexibility index (Phi) is 9.02. The van der Waals surface area contributed by atoms with E-state index in [1.165, 1.54) is 12.1 Å². The van der Waals surface area contributed by atoms with Crippen molar-refractivity contribution in [2.24, 2.45) is 11.7 Å². The smallest absolute Gasteiger partial charge is 0.239 e. The Labute approximate surface area is 161 Å². The Balaban J connectivity index is 0.00000338. The van der Waals surface area contributed by atoms with Crippen LogP contribution in [0.15, 0.2) is 24.3 Å². The van der Waals surface area contributed by atoms with Crippen LogP contribution in [0.25, 0.3) is 0 Å². The van der Waals surface area contributed by atoms with Gasteiger partial charge in [-0.25, -0.2) is 4.39 Å². The van der Waals surface area contributed by atoms with Crippen molar-refractivity contribution in [3.05, 3.63) is 35.6 Å². The van der Waals surface area contributed by atoms with E-state index >= 15 is 0 Å². The molecule has 2 amide bonds. The Morgan fingerprint density at radius 1 is 1.15 bits per heavy atom. The Morgan fingerprint density at radius 3 is 2.46 bits per heavy atom. The minimum absolute atomic E-state index is 0. The van der Waals surface area contributed by atoms with Gasteiger partial charge in [-0.15, -0.1) is 12.4 Å². The molecule has 1 aromatic carbocycles. The lowest BCUT2D eigenvalue weighted by Gasteiger charge is -2.25. The van der Waals surface area contributed by atoms with Crippen molar-refractivity contribution < 1.29 is 14.0 Å². The van der Waals surface area contributed by atoms with Crippen LogP contribution in [0.3, 0.4) is 0 Å². The molecule has 1 aliphatic heterocycles. The molecule has 0 aliphatic carbocycles. The van der Waals surface area contributed by atoms with Gasteiger partial charge in [-0.3, -0.25) is 9.59 Å². The van der Waals surface area contributed by atoms with Crippen LogP contribution < -0.4 is 5.73 Å². The summed E-state index contributed by atoms with van der Waals surface area (Å²) in [6.07, 6.45) is 1.57. The van der Waals surface area contributed by atoms with Gasteiger partial charge in [0, 0.05) is 26.2 Å². The van der Waals surface area contributed by atoms with Crippen molar-refractivity contribution >= 4 is 24.2 Å². The van der Waals surface area contributed by atoms with E-state index in [1.54, 1.807) is 21.9 Å². The summed E-state index contributed by atoms with van der Waals surface area (Å²) in [5.41, 5.74) is 6.67. The number of nitrogens with zero attached hydrogens (tertiary/aromatic N) is 2. The molecule has 1 atom stereocenters. The molecule has 26 heavy (non-hydrogen) atoms. The average molecular weight is 386 g/mol. The van der Waals surface area contributed by atoms with Gasteiger partial charge in [0.1, 0.15) is 5.82 Å². The maximum absolute atomic E-state index is 13.2. The molecule has 0 radical (unpaired) electrons. The van der Waals surface area contributed by atoms with Gasteiger partial charge in [-0.1, -0.05) is 26.0 Å². The minimum Gasteiger partial charge on any atom is -0.341 e. The molecule has 2 N–H and O–H groups in total. The summed E-state index contributed by atoms with van der Waals surface area (Å²) in [6, 6.07) is 5.63. The van der Waals surface area contributed by atoms with Crippen LogP contribution in [-0.4, -0.2) is 53.8 Å². The fourth-order valence-corrected chi connectivity index (χ4v) is 3.16. The molecule has 1 heterocycles. The van der Waals surface area contributed by atoms with E-state index in [9.17, 15) is 14.0 Å². The van der Waals surface area contributed by atoms with E-state index in [2.05, 4.69) is 0 Å². The highest BCUT2D eigenvalue weighted by Gasteiger charge is 2.25. The molecule has 5 nitrogen and oxygen atoms in total. The highest BCUT2D eigenvalue weighted by atomic mass is 35.5. The molecule has 0 bridgehead atoms. The summed E-state index contributed by atoms with van der Waals surface area (Å²) in [7, 11) is 0. The maximum Gasteiger partial charge on any atom is 0.239 e. The molecule has 0 aromatic heterocycles. The second kappa shape index (κ2) is 10.5. The topological polar surface area (TPSA) is 66.6 Å². The maximum atomic E-state index is 13.2. The van der Waals surface area contributed by atoms with Crippen LogP contribution in [0.5, 0.6) is 0 Å². The number of hydrogen-bond donors (Lipinski definition) is 1. The average Bonchev–Trinajstić information content (AvgIpc) is 2.79. The van der Waals surface area contributed by atoms with E-state index in [0.717, 1.165) is 6.42 Å². The van der Waals surface area contributed by atoms with Crippen molar-refractivity contribution in [2.45, 2.75) is 39.2 Å². The van der Waals surface area contributed by atoms with Crippen molar-refractivity contribution in [3.63, 3.8) is 0 Å². The Bertz CT molecular complexity index is 612. The molecule has 0 spiro atoms. The number of benzene rings is 1. The van der Waals surface area contributed by atoms with Gasteiger partial charge >= 0.3 is 0 Å². The first-order chi connectivity index (χ1) is 11.9. The number of carbonyl (C=O) groups is 2. The lowest BCUT2D eigenvalue weighted by molar-refractivity contribution is -0.134. The number of halogens is 2. The first-order valence-electron chi connectivity index (χ1n) is 8.93. The second-order valence-electron chi connectivity index (χ2n) is 7.10. The van der Waals surface area contributed by atoms with E-state index < -0.39 is 6.04 Å². The molecule has 146 valence electrons. The van der Waals surface area contributed by atoms with Crippen LogP contribution in [0.1, 0.15) is 32.3 Å². The third kappa shape index (κ3) is 6.57. The second-order valence-corrected chi connectivity index (χ2v) is 7.10. The number of nitrogens with two attached hydrogens (primary N) is 1. The van der Waals surface area contributed by atoms with Gasteiger partial charge < -0.3 is 15.5 Å². The number of carbonyl (C=O) groups excluding carboxylic acids is 2. The van der Waals surface area contributed by atoms with Gasteiger partial charge in [0.25, 0.3) is 0 Å². The molecule has 0 saturated carbocycles. The zero-order valence-electron chi connectivity index (χ0n) is 15.5. The summed E-state index contributed by atoms with van der Waals surface area (Å²) in [6.45, 7) is 6.31. The third-order valence-corrected chi connectivity index (χ3v) is 4.45. The van der Waals surface area contributed by atoms with Crippen molar-refractivity contribution in [1.29, 1.82) is 0 Å². The molecule has 1 fully saturated rings. The molecule has 1 saturated heterocycles. The number of hydrogen-bond acceptors (Lipinski definition) is 3. The van der Waals surface area contributed by atoms with Crippen LogP contribution >= 0.6 is 12.4 Å². The molecule has 0 unspecified atom stereocenters. The quantitative estimate of drug-likeness (QED) is 0.845. The number of amides is 2. The van der Waals surface area contributed by atoms with Crippen molar-refractivity contribution in [1.82, 2.24) is 9.80 Å². The molecular formula is C19H29ClFN3O2. The highest BCUT2D eigenvalue weighted by Crippen LogP contribution is 2.11. The fourth-order valence-electron chi connectivity index (χ4n) is 3.16. The van der Waals surface area contributed by atoms with Crippen LogP contribution in [0.2, 0.25) is 0 Å². The lowest BCUT2D eigenvalue weighted by atomic mass is 10.0. The Hall–Kier alpha value is -1.66. The summed E-state index contributed by atoms with van der Waals surface area (Å²) < 4.78 is 13.2. The first-order valence-corrected chi connectivity index (χ1v) is 8.93. The lowest BCUT2D eigenvalue weighted by Crippen LogP contribution is -2.46. The minimum atomic E-state index is -0.477. The Morgan fingerprint density at radius 2 is 1.81 bits per heavy atom. The van der Waals surface area contributed by atoms with Gasteiger partial charge in [0.15, 0.2) is 0 Å². The van der Waals surface area contributed by atoms with E-state index in [4.69, 9.17) is 5.73 Å². The van der Waals surface area contributed by atoms with Gasteiger partial charge in [0.2, 0.25) is 11.8 Å². The largest absolute Gasteiger partial charge is 0.341 e. The van der Waals surface area contributed by atoms with Gasteiger partial charge in [0.05, 0.1) is 12.5 Å². The number of rotatable bonds is 5. The summed E-state index contributed by atoms with van der Waals surface area (Å²) in [4.78, 5) is 28.4. The molecular weight excluding hydrogens is 357 g/mol. The first kappa shape index (κ1) is 22.4. The van der Waals surface area contributed by atoms with Gasteiger partial charge in [-0.2, -0.15) is 0 Å².